The monoisotopic (exact) mass is 286 g/mol. The summed E-state index contributed by atoms with van der Waals surface area (Å²) < 4.78 is 10.9. The number of nitrogens with one attached hydrogen (secondary N) is 1. The van der Waals surface area contributed by atoms with E-state index in [1.165, 1.54) is 43.4 Å². The van der Waals surface area contributed by atoms with Gasteiger partial charge < -0.3 is 19.4 Å². The van der Waals surface area contributed by atoms with Gasteiger partial charge in [0.15, 0.2) is 11.5 Å². The Bertz CT molecular complexity index is 656. The average Bonchev–Trinajstić information content (AvgIpc) is 2.97. The van der Waals surface area contributed by atoms with E-state index in [0.717, 1.165) is 22.9 Å². The Morgan fingerprint density at radius 3 is 2.43 bits per heavy atom. The van der Waals surface area contributed by atoms with E-state index in [9.17, 15) is 0 Å². The molecule has 1 aromatic heterocycles. The molecule has 1 N–H and O–H groups in total. The normalized spacial score (nSPS) is 28.0. The molecule has 1 unspecified atom stereocenters. The van der Waals surface area contributed by atoms with Crippen LogP contribution in [0.2, 0.25) is 0 Å². The van der Waals surface area contributed by atoms with Gasteiger partial charge in [-0.2, -0.15) is 0 Å². The lowest BCUT2D eigenvalue weighted by Crippen LogP contribution is -2.46. The Morgan fingerprint density at radius 1 is 1.10 bits per heavy atom. The number of H-pyrrole nitrogens is 1. The summed E-state index contributed by atoms with van der Waals surface area (Å²) in [5.41, 5.74) is 2.58. The van der Waals surface area contributed by atoms with E-state index >= 15 is 0 Å². The molecule has 0 saturated carbocycles. The summed E-state index contributed by atoms with van der Waals surface area (Å²) in [5.74, 6) is 3.08. The highest BCUT2D eigenvalue weighted by Gasteiger charge is 2.36. The summed E-state index contributed by atoms with van der Waals surface area (Å²) in [6.45, 7) is 3.76. The first-order valence-electron chi connectivity index (χ1n) is 7.75. The summed E-state index contributed by atoms with van der Waals surface area (Å²) >= 11 is 0. The molecule has 5 rings (SSSR count). The third-order valence-corrected chi connectivity index (χ3v) is 5.27. The van der Waals surface area contributed by atoms with Crippen LogP contribution in [0.1, 0.15) is 24.3 Å². The third-order valence-electron chi connectivity index (χ3n) is 5.27. The molecule has 4 heteroatoms. The molecule has 112 valence electrons. The first kappa shape index (κ1) is 13.0. The number of hydrogen-bond donors (Lipinski definition) is 1. The standard InChI is InChI=1S/C17H22N2O2/c1-20-16-7-12-13(9-18-15(12)8-17(16)21-2)14-10-19-5-3-11(14)4-6-19/h7-9,11,14,18H,3-6,10H2,1-2H3. The number of aromatic amines is 1. The van der Waals surface area contributed by atoms with Crippen LogP contribution in [0.3, 0.4) is 0 Å². The molecule has 3 aliphatic heterocycles. The van der Waals surface area contributed by atoms with Crippen molar-refractivity contribution >= 4 is 10.9 Å². The van der Waals surface area contributed by atoms with E-state index in [0.29, 0.717) is 5.92 Å². The Labute approximate surface area is 125 Å². The molecule has 3 aliphatic rings. The van der Waals surface area contributed by atoms with Crippen LogP contribution in [0.15, 0.2) is 18.3 Å². The minimum atomic E-state index is 0.652. The summed E-state index contributed by atoms with van der Waals surface area (Å²) in [7, 11) is 3.38. The van der Waals surface area contributed by atoms with Crippen molar-refractivity contribution < 1.29 is 9.47 Å². The fourth-order valence-corrected chi connectivity index (χ4v) is 4.09. The number of benzene rings is 1. The van der Waals surface area contributed by atoms with Gasteiger partial charge in [-0.1, -0.05) is 0 Å². The lowest BCUT2D eigenvalue weighted by atomic mass is 9.75. The quantitative estimate of drug-likeness (QED) is 0.942. The van der Waals surface area contributed by atoms with E-state index in [1.54, 1.807) is 14.2 Å². The maximum atomic E-state index is 5.47. The summed E-state index contributed by atoms with van der Waals surface area (Å²) in [6, 6.07) is 4.16. The lowest BCUT2D eigenvalue weighted by molar-refractivity contribution is 0.0876. The molecule has 1 atom stereocenters. The lowest BCUT2D eigenvalue weighted by Gasteiger charge is -2.44. The fraction of sp³-hybridized carbons (Fsp3) is 0.529. The second-order valence-electron chi connectivity index (χ2n) is 6.24. The Balaban J connectivity index is 1.79. The summed E-state index contributed by atoms with van der Waals surface area (Å²) in [4.78, 5) is 6.02. The highest BCUT2D eigenvalue weighted by Crippen LogP contribution is 2.43. The van der Waals surface area contributed by atoms with Gasteiger partial charge in [0.1, 0.15) is 0 Å². The molecule has 3 fully saturated rings. The maximum absolute atomic E-state index is 5.47. The largest absolute Gasteiger partial charge is 0.493 e. The van der Waals surface area contributed by atoms with Crippen molar-refractivity contribution in [1.82, 2.24) is 9.88 Å². The van der Waals surface area contributed by atoms with Crippen molar-refractivity contribution in [2.75, 3.05) is 33.9 Å². The molecular weight excluding hydrogens is 264 g/mol. The molecule has 0 spiro atoms. The number of nitrogens with zero attached hydrogens (tertiary/aromatic N) is 1. The first-order chi connectivity index (χ1) is 10.3. The number of piperidine rings is 3. The zero-order valence-electron chi connectivity index (χ0n) is 12.7. The van der Waals surface area contributed by atoms with Crippen LogP contribution in [0.25, 0.3) is 10.9 Å². The highest BCUT2D eigenvalue weighted by atomic mass is 16.5. The van der Waals surface area contributed by atoms with Gasteiger partial charge in [-0.3, -0.25) is 0 Å². The number of methoxy groups -OCH3 is 2. The molecule has 1 aromatic carbocycles. The molecule has 2 bridgehead atoms. The molecule has 0 amide bonds. The van der Waals surface area contributed by atoms with Crippen LogP contribution in [0.5, 0.6) is 11.5 Å². The average molecular weight is 286 g/mol. The van der Waals surface area contributed by atoms with Gasteiger partial charge in [-0.05, 0) is 43.5 Å². The minimum absolute atomic E-state index is 0.652. The van der Waals surface area contributed by atoms with Crippen LogP contribution >= 0.6 is 0 Å². The number of rotatable bonds is 3. The van der Waals surface area contributed by atoms with Gasteiger partial charge in [0.2, 0.25) is 0 Å². The molecule has 4 heterocycles. The van der Waals surface area contributed by atoms with Crippen molar-refractivity contribution in [1.29, 1.82) is 0 Å². The predicted molar refractivity (Wildman–Crippen MR) is 83.3 cm³/mol. The van der Waals surface area contributed by atoms with Gasteiger partial charge in [0, 0.05) is 35.6 Å². The maximum Gasteiger partial charge on any atom is 0.162 e. The minimum Gasteiger partial charge on any atom is -0.493 e. The summed E-state index contributed by atoms with van der Waals surface area (Å²) in [5, 5.41) is 1.28. The number of fused-ring (bicyclic) bond motifs is 4. The Morgan fingerprint density at radius 2 is 1.81 bits per heavy atom. The third kappa shape index (κ3) is 2.01. The number of ether oxygens (including phenoxy) is 2. The SMILES string of the molecule is COc1cc2[nH]cc(C3CN4CCC3CC4)c2cc1OC. The molecule has 3 saturated heterocycles. The zero-order chi connectivity index (χ0) is 14.4. The second kappa shape index (κ2) is 4.95. The van der Waals surface area contributed by atoms with Gasteiger partial charge in [0.25, 0.3) is 0 Å². The van der Waals surface area contributed by atoms with Crippen molar-refractivity contribution in [3.63, 3.8) is 0 Å². The van der Waals surface area contributed by atoms with Crippen LogP contribution in [0, 0.1) is 5.92 Å². The van der Waals surface area contributed by atoms with Crippen LogP contribution in [0.4, 0.5) is 0 Å². The fourth-order valence-electron chi connectivity index (χ4n) is 4.09. The van der Waals surface area contributed by atoms with E-state index in [4.69, 9.17) is 9.47 Å². The zero-order valence-corrected chi connectivity index (χ0v) is 12.7. The van der Waals surface area contributed by atoms with Crippen molar-refractivity contribution in [3.8, 4) is 11.5 Å². The molecular formula is C17H22N2O2. The van der Waals surface area contributed by atoms with E-state index in [-0.39, 0.29) is 0 Å². The van der Waals surface area contributed by atoms with Crippen molar-refractivity contribution in [3.05, 3.63) is 23.9 Å². The smallest absolute Gasteiger partial charge is 0.162 e. The van der Waals surface area contributed by atoms with Crippen molar-refractivity contribution in [2.45, 2.75) is 18.8 Å². The molecule has 0 aliphatic carbocycles. The van der Waals surface area contributed by atoms with E-state index < -0.39 is 0 Å². The van der Waals surface area contributed by atoms with E-state index in [2.05, 4.69) is 22.1 Å². The molecule has 4 nitrogen and oxygen atoms in total. The summed E-state index contributed by atoms with van der Waals surface area (Å²) in [6.07, 6.45) is 4.87. The van der Waals surface area contributed by atoms with Gasteiger partial charge >= 0.3 is 0 Å². The van der Waals surface area contributed by atoms with Crippen LogP contribution in [-0.2, 0) is 0 Å². The Hall–Kier alpha value is -1.68. The van der Waals surface area contributed by atoms with Crippen LogP contribution in [-0.4, -0.2) is 43.7 Å². The van der Waals surface area contributed by atoms with E-state index in [1.807, 2.05) is 6.07 Å². The molecule has 21 heavy (non-hydrogen) atoms. The van der Waals surface area contributed by atoms with Crippen molar-refractivity contribution in [2.24, 2.45) is 5.92 Å². The second-order valence-corrected chi connectivity index (χ2v) is 6.24. The number of hydrogen-bond acceptors (Lipinski definition) is 3. The highest BCUT2D eigenvalue weighted by molar-refractivity contribution is 5.87. The topological polar surface area (TPSA) is 37.5 Å². The first-order valence-corrected chi connectivity index (χ1v) is 7.75. The predicted octanol–water partition coefficient (Wildman–Crippen LogP) is 2.99. The number of aromatic nitrogens is 1. The Kier molecular flexibility index (Phi) is 3.07. The molecule has 0 radical (unpaired) electrons. The van der Waals surface area contributed by atoms with Gasteiger partial charge in [-0.25, -0.2) is 0 Å². The van der Waals surface area contributed by atoms with Gasteiger partial charge in [0.05, 0.1) is 14.2 Å². The van der Waals surface area contributed by atoms with Gasteiger partial charge in [-0.15, -0.1) is 0 Å². The molecule has 2 aromatic rings. The van der Waals surface area contributed by atoms with Crippen LogP contribution < -0.4 is 9.47 Å².